The number of piperidine rings is 1. The monoisotopic (exact) mass is 420 g/mol. The first kappa shape index (κ1) is 19.6. The summed E-state index contributed by atoms with van der Waals surface area (Å²) in [6, 6.07) is 12.9. The van der Waals surface area contributed by atoms with E-state index in [2.05, 4.69) is 16.0 Å². The van der Waals surface area contributed by atoms with Crippen molar-refractivity contribution in [1.29, 1.82) is 0 Å². The second-order valence-electron chi connectivity index (χ2n) is 8.10. The Morgan fingerprint density at radius 3 is 2.68 bits per heavy atom. The van der Waals surface area contributed by atoms with Crippen molar-refractivity contribution in [2.45, 2.75) is 38.1 Å². The van der Waals surface area contributed by atoms with E-state index in [0.717, 1.165) is 35.7 Å². The molecule has 2 aromatic rings. The average molecular weight is 420 g/mol. The zero-order chi connectivity index (χ0) is 21.4. The maximum atomic E-state index is 13.2. The molecule has 5 rings (SSSR count). The molecule has 0 bridgehead atoms. The lowest BCUT2D eigenvalue weighted by Crippen LogP contribution is -2.52. The number of hydrogen-bond acceptors (Lipinski definition) is 6. The van der Waals surface area contributed by atoms with Gasteiger partial charge < -0.3 is 20.3 Å². The second-order valence-corrected chi connectivity index (χ2v) is 8.10. The van der Waals surface area contributed by atoms with E-state index in [-0.39, 0.29) is 24.3 Å². The van der Waals surface area contributed by atoms with E-state index in [1.54, 1.807) is 4.90 Å². The summed E-state index contributed by atoms with van der Waals surface area (Å²) in [5.41, 5.74) is 3.29. The number of imide groups is 1. The van der Waals surface area contributed by atoms with Gasteiger partial charge in [-0.2, -0.15) is 0 Å². The molecule has 0 aromatic heterocycles. The maximum absolute atomic E-state index is 13.2. The molecule has 1 unspecified atom stereocenters. The molecule has 0 aliphatic carbocycles. The molecule has 3 N–H and O–H groups in total. The maximum Gasteiger partial charge on any atom is 0.255 e. The molecule has 2 saturated heterocycles. The van der Waals surface area contributed by atoms with Crippen molar-refractivity contribution in [2.75, 3.05) is 18.4 Å². The summed E-state index contributed by atoms with van der Waals surface area (Å²) in [6.45, 7) is 2.51. The number of para-hydroxylation sites is 2. The molecule has 0 radical (unpaired) electrons. The average Bonchev–Trinajstić information content (AvgIpc) is 3.07. The Balaban J connectivity index is 1.33. The van der Waals surface area contributed by atoms with Gasteiger partial charge in [0.15, 0.2) is 0 Å². The molecule has 0 saturated carbocycles. The number of carbonyl (C=O) groups is 3. The van der Waals surface area contributed by atoms with Gasteiger partial charge in [-0.25, -0.2) is 0 Å². The number of anilines is 1. The lowest BCUT2D eigenvalue weighted by Gasteiger charge is -2.29. The van der Waals surface area contributed by atoms with Gasteiger partial charge in [0.2, 0.25) is 11.8 Å². The van der Waals surface area contributed by atoms with Crippen LogP contribution >= 0.6 is 0 Å². The van der Waals surface area contributed by atoms with Gasteiger partial charge in [0.1, 0.15) is 17.9 Å². The molecule has 0 spiro atoms. The highest BCUT2D eigenvalue weighted by molar-refractivity contribution is 6.06. The molecule has 3 aliphatic heterocycles. The number of rotatable bonds is 6. The van der Waals surface area contributed by atoms with Gasteiger partial charge in [-0.3, -0.25) is 19.7 Å². The van der Waals surface area contributed by atoms with E-state index >= 15 is 0 Å². The van der Waals surface area contributed by atoms with Crippen LogP contribution in [-0.2, 0) is 22.7 Å². The van der Waals surface area contributed by atoms with E-state index in [1.807, 2.05) is 42.5 Å². The van der Waals surface area contributed by atoms with E-state index in [4.69, 9.17) is 4.74 Å². The van der Waals surface area contributed by atoms with Crippen LogP contribution in [0, 0.1) is 0 Å². The predicted molar refractivity (Wildman–Crippen MR) is 114 cm³/mol. The van der Waals surface area contributed by atoms with Gasteiger partial charge in [-0.1, -0.05) is 30.3 Å². The van der Waals surface area contributed by atoms with Crippen LogP contribution in [-0.4, -0.2) is 47.9 Å². The van der Waals surface area contributed by atoms with Gasteiger partial charge >= 0.3 is 0 Å². The Kier molecular flexibility index (Phi) is 5.07. The Labute approximate surface area is 179 Å². The fraction of sp³-hybridized carbons (Fsp3) is 0.348. The molecule has 3 heterocycles. The molecule has 2 fully saturated rings. The van der Waals surface area contributed by atoms with Gasteiger partial charge in [-0.15, -0.1) is 0 Å². The number of carbonyl (C=O) groups excluding carboxylic acids is 3. The molecular weight excluding hydrogens is 396 g/mol. The Hall–Kier alpha value is -3.39. The number of amides is 3. The van der Waals surface area contributed by atoms with Crippen molar-refractivity contribution < 1.29 is 19.1 Å². The summed E-state index contributed by atoms with van der Waals surface area (Å²) in [6.07, 6.45) is 0.782. The lowest BCUT2D eigenvalue weighted by atomic mass is 10.0. The number of benzene rings is 2. The van der Waals surface area contributed by atoms with E-state index < -0.39 is 11.9 Å². The number of nitrogens with one attached hydrogen (secondary N) is 3. The first-order chi connectivity index (χ1) is 15.1. The van der Waals surface area contributed by atoms with Crippen LogP contribution in [0.5, 0.6) is 5.75 Å². The molecule has 160 valence electrons. The van der Waals surface area contributed by atoms with E-state index in [9.17, 15) is 14.4 Å². The molecule has 1 atom stereocenters. The Morgan fingerprint density at radius 1 is 1.06 bits per heavy atom. The summed E-state index contributed by atoms with van der Waals surface area (Å²) in [4.78, 5) is 38.5. The van der Waals surface area contributed by atoms with Crippen molar-refractivity contribution in [1.82, 2.24) is 15.5 Å². The quantitative estimate of drug-likeness (QED) is 0.611. The highest BCUT2D eigenvalue weighted by atomic mass is 16.5. The van der Waals surface area contributed by atoms with Crippen LogP contribution in [0.3, 0.4) is 0 Å². The van der Waals surface area contributed by atoms with Gasteiger partial charge in [-0.05, 0) is 29.7 Å². The van der Waals surface area contributed by atoms with Crippen molar-refractivity contribution in [3.05, 3.63) is 59.2 Å². The molecular formula is C23H24N4O4. The van der Waals surface area contributed by atoms with Crippen molar-refractivity contribution in [3.63, 3.8) is 0 Å². The molecule has 3 aliphatic rings. The highest BCUT2D eigenvalue weighted by Crippen LogP contribution is 2.31. The number of fused-ring (bicyclic) bond motifs is 1. The van der Waals surface area contributed by atoms with Crippen LogP contribution in [0.4, 0.5) is 5.69 Å². The predicted octanol–water partition coefficient (Wildman–Crippen LogP) is 1.41. The number of ether oxygens (including phenoxy) is 1. The van der Waals surface area contributed by atoms with Crippen LogP contribution in [0.2, 0.25) is 0 Å². The Bertz CT molecular complexity index is 1050. The minimum absolute atomic E-state index is 0.160. The van der Waals surface area contributed by atoms with E-state index in [1.165, 1.54) is 0 Å². The van der Waals surface area contributed by atoms with Crippen LogP contribution in [0.25, 0.3) is 0 Å². The molecule has 8 heteroatoms. The van der Waals surface area contributed by atoms with Crippen LogP contribution < -0.4 is 20.7 Å². The zero-order valence-electron chi connectivity index (χ0n) is 17.0. The normalized spacial score (nSPS) is 20.8. The molecule has 3 amide bonds. The smallest absolute Gasteiger partial charge is 0.255 e. The van der Waals surface area contributed by atoms with Crippen molar-refractivity contribution in [3.8, 4) is 5.75 Å². The molecule has 2 aromatic carbocycles. The van der Waals surface area contributed by atoms with Crippen molar-refractivity contribution in [2.24, 2.45) is 0 Å². The SMILES string of the molecule is O=C1CCC(N2Cc3cccc(CNc4ccccc4OC4CNC4)c3C2=O)C(=O)N1. The molecule has 8 nitrogen and oxygen atoms in total. The van der Waals surface area contributed by atoms with Crippen LogP contribution in [0.15, 0.2) is 42.5 Å². The summed E-state index contributed by atoms with van der Waals surface area (Å²) < 4.78 is 6.03. The van der Waals surface area contributed by atoms with Crippen LogP contribution in [0.1, 0.15) is 34.3 Å². The third kappa shape index (κ3) is 3.74. The molecule has 31 heavy (non-hydrogen) atoms. The largest absolute Gasteiger partial charge is 0.486 e. The number of nitrogens with zero attached hydrogens (tertiary/aromatic N) is 1. The van der Waals surface area contributed by atoms with E-state index in [0.29, 0.717) is 25.1 Å². The van der Waals surface area contributed by atoms with Gasteiger partial charge in [0.05, 0.1) is 5.69 Å². The summed E-state index contributed by atoms with van der Waals surface area (Å²) in [5.74, 6) is -0.0486. The Morgan fingerprint density at radius 2 is 1.90 bits per heavy atom. The minimum atomic E-state index is -0.608. The fourth-order valence-corrected chi connectivity index (χ4v) is 4.27. The third-order valence-corrected chi connectivity index (χ3v) is 6.03. The van der Waals surface area contributed by atoms with Gasteiger partial charge in [0.25, 0.3) is 5.91 Å². The van der Waals surface area contributed by atoms with Crippen molar-refractivity contribution >= 4 is 23.4 Å². The van der Waals surface area contributed by atoms with Gasteiger partial charge in [0, 0.05) is 38.2 Å². The summed E-state index contributed by atoms with van der Waals surface area (Å²) in [7, 11) is 0. The lowest BCUT2D eigenvalue weighted by molar-refractivity contribution is -0.136. The first-order valence-corrected chi connectivity index (χ1v) is 10.6. The fourth-order valence-electron chi connectivity index (χ4n) is 4.27. The number of hydrogen-bond donors (Lipinski definition) is 3. The standard InChI is InChI=1S/C23H24N4O4/c28-20-9-8-18(22(29)26-20)27-13-15-5-3-4-14(21(15)23(27)30)10-25-17-6-1-2-7-19(17)31-16-11-24-12-16/h1-7,16,18,24-25H,8-13H2,(H,26,28,29). The highest BCUT2D eigenvalue weighted by Gasteiger charge is 2.39. The topological polar surface area (TPSA) is 99.8 Å². The second kappa shape index (κ2) is 8.03. The minimum Gasteiger partial charge on any atom is -0.486 e. The first-order valence-electron chi connectivity index (χ1n) is 10.6. The summed E-state index contributed by atoms with van der Waals surface area (Å²) in [5, 5.41) is 8.94. The third-order valence-electron chi connectivity index (χ3n) is 6.03. The summed E-state index contributed by atoms with van der Waals surface area (Å²) >= 11 is 0. The zero-order valence-corrected chi connectivity index (χ0v) is 17.0.